The fourth-order valence-electron chi connectivity index (χ4n) is 2.60. The summed E-state index contributed by atoms with van der Waals surface area (Å²) in [5.41, 5.74) is 2.22. The lowest BCUT2D eigenvalue weighted by Crippen LogP contribution is -2.25. The van der Waals surface area contributed by atoms with Crippen molar-refractivity contribution >= 4 is 17.1 Å². The predicted octanol–water partition coefficient (Wildman–Crippen LogP) is 3.40. The van der Waals surface area contributed by atoms with Gasteiger partial charge in [-0.05, 0) is 42.0 Å². The highest BCUT2D eigenvalue weighted by molar-refractivity contribution is 6.31. The van der Waals surface area contributed by atoms with Gasteiger partial charge in [-0.1, -0.05) is 29.8 Å². The van der Waals surface area contributed by atoms with E-state index in [9.17, 15) is 9.18 Å². The fraction of sp³-hybridized carbons (Fsp3) is 0.0556. The maximum Gasteiger partial charge on any atom is 0.293 e. The van der Waals surface area contributed by atoms with E-state index in [2.05, 4.69) is 10.2 Å². The van der Waals surface area contributed by atoms with E-state index in [1.807, 2.05) is 18.2 Å². The van der Waals surface area contributed by atoms with Gasteiger partial charge in [0.05, 0.1) is 12.2 Å². The van der Waals surface area contributed by atoms with Crippen molar-refractivity contribution in [1.82, 2.24) is 19.4 Å². The van der Waals surface area contributed by atoms with Gasteiger partial charge in [0, 0.05) is 10.6 Å². The minimum atomic E-state index is -0.323. The minimum absolute atomic E-state index is 0.270. The molecule has 0 N–H and O–H groups in total. The van der Waals surface area contributed by atoms with Crippen LogP contribution in [0.25, 0.3) is 16.8 Å². The number of hydrogen-bond acceptors (Lipinski definition) is 3. The van der Waals surface area contributed by atoms with Crippen LogP contribution in [0.5, 0.6) is 0 Å². The van der Waals surface area contributed by atoms with Crippen LogP contribution in [0.1, 0.15) is 5.56 Å². The number of halogens is 2. The van der Waals surface area contributed by atoms with Crippen molar-refractivity contribution in [3.8, 4) is 11.3 Å². The molecule has 4 rings (SSSR count). The minimum Gasteiger partial charge on any atom is -0.265 e. The molecule has 0 fully saturated rings. The Labute approximate surface area is 146 Å². The number of nitrogens with zero attached hydrogens (tertiary/aromatic N) is 4. The number of rotatable bonds is 3. The molecule has 0 atom stereocenters. The standard InChI is InChI=1S/C18H12ClFN4O/c19-15-4-2-1-3-13(15)10-23-18(25)17-9-16(22-24(17)11-21-23)12-5-7-14(20)8-6-12/h1-9,11H,10H2. The van der Waals surface area contributed by atoms with Gasteiger partial charge in [-0.2, -0.15) is 10.2 Å². The van der Waals surface area contributed by atoms with Crippen molar-refractivity contribution in [3.05, 3.63) is 87.7 Å². The summed E-state index contributed by atoms with van der Waals surface area (Å²) in [7, 11) is 0. The molecule has 25 heavy (non-hydrogen) atoms. The average Bonchev–Trinajstić information content (AvgIpc) is 3.05. The van der Waals surface area contributed by atoms with E-state index >= 15 is 0 Å². The van der Waals surface area contributed by atoms with E-state index in [0.717, 1.165) is 11.1 Å². The zero-order valence-corrected chi connectivity index (χ0v) is 13.7. The molecule has 4 aromatic rings. The second-order valence-electron chi connectivity index (χ2n) is 5.55. The third-order valence-electron chi connectivity index (χ3n) is 3.91. The lowest BCUT2D eigenvalue weighted by molar-refractivity contribution is 0.620. The van der Waals surface area contributed by atoms with Crippen LogP contribution in [0.2, 0.25) is 5.02 Å². The zero-order chi connectivity index (χ0) is 17.4. The molecule has 0 unspecified atom stereocenters. The number of hydrogen-bond donors (Lipinski definition) is 0. The van der Waals surface area contributed by atoms with Crippen LogP contribution in [-0.4, -0.2) is 19.4 Å². The molecule has 2 heterocycles. The monoisotopic (exact) mass is 354 g/mol. The van der Waals surface area contributed by atoms with Gasteiger partial charge in [-0.3, -0.25) is 4.79 Å². The van der Waals surface area contributed by atoms with Crippen LogP contribution in [0, 0.1) is 5.82 Å². The van der Waals surface area contributed by atoms with E-state index in [4.69, 9.17) is 11.6 Å². The molecule has 0 aliphatic heterocycles. The van der Waals surface area contributed by atoms with Gasteiger partial charge in [-0.15, -0.1) is 0 Å². The number of benzene rings is 2. The Kier molecular flexibility index (Phi) is 3.82. The SMILES string of the molecule is O=c1c2cc(-c3ccc(F)cc3)nn2cnn1Cc1ccccc1Cl. The summed E-state index contributed by atoms with van der Waals surface area (Å²) in [6.07, 6.45) is 1.47. The first-order valence-electron chi connectivity index (χ1n) is 7.57. The van der Waals surface area contributed by atoms with Gasteiger partial charge < -0.3 is 0 Å². The van der Waals surface area contributed by atoms with Crippen LogP contribution in [0.4, 0.5) is 4.39 Å². The van der Waals surface area contributed by atoms with Gasteiger partial charge in [0.2, 0.25) is 0 Å². The Morgan fingerprint density at radius 1 is 1.08 bits per heavy atom. The first kappa shape index (κ1) is 15.5. The molecule has 0 spiro atoms. The van der Waals surface area contributed by atoms with Gasteiger partial charge in [0.25, 0.3) is 5.56 Å². The highest BCUT2D eigenvalue weighted by Crippen LogP contribution is 2.19. The summed E-state index contributed by atoms with van der Waals surface area (Å²) in [6.45, 7) is 0.270. The van der Waals surface area contributed by atoms with Crippen molar-refractivity contribution in [2.45, 2.75) is 6.54 Å². The highest BCUT2D eigenvalue weighted by atomic mass is 35.5. The van der Waals surface area contributed by atoms with E-state index < -0.39 is 0 Å². The van der Waals surface area contributed by atoms with Crippen molar-refractivity contribution in [3.63, 3.8) is 0 Å². The molecule has 0 saturated carbocycles. The third kappa shape index (κ3) is 2.92. The summed E-state index contributed by atoms with van der Waals surface area (Å²) < 4.78 is 15.8. The lowest BCUT2D eigenvalue weighted by Gasteiger charge is -2.06. The molecule has 2 aromatic carbocycles. The van der Waals surface area contributed by atoms with E-state index in [1.165, 1.54) is 27.7 Å². The summed E-state index contributed by atoms with van der Waals surface area (Å²) in [5, 5.41) is 9.06. The summed E-state index contributed by atoms with van der Waals surface area (Å²) in [4.78, 5) is 12.7. The molecule has 0 bridgehead atoms. The number of fused-ring (bicyclic) bond motifs is 1. The first-order valence-corrected chi connectivity index (χ1v) is 7.94. The van der Waals surface area contributed by atoms with Gasteiger partial charge in [0.15, 0.2) is 0 Å². The largest absolute Gasteiger partial charge is 0.293 e. The molecule has 0 saturated heterocycles. The van der Waals surface area contributed by atoms with Crippen molar-refractivity contribution in [1.29, 1.82) is 0 Å². The molecule has 2 aromatic heterocycles. The topological polar surface area (TPSA) is 52.2 Å². The normalized spacial score (nSPS) is 11.1. The average molecular weight is 355 g/mol. The van der Waals surface area contributed by atoms with Crippen molar-refractivity contribution < 1.29 is 4.39 Å². The summed E-state index contributed by atoms with van der Waals surface area (Å²) in [5.74, 6) is -0.323. The van der Waals surface area contributed by atoms with Gasteiger partial charge in [-0.25, -0.2) is 13.6 Å². The fourth-order valence-corrected chi connectivity index (χ4v) is 2.80. The van der Waals surface area contributed by atoms with Crippen LogP contribution in [0.3, 0.4) is 0 Å². The molecule has 0 amide bonds. The third-order valence-corrected chi connectivity index (χ3v) is 4.28. The molecular formula is C18H12ClFN4O. The second kappa shape index (κ2) is 6.14. The molecule has 7 heteroatoms. The summed E-state index contributed by atoms with van der Waals surface area (Å²) in [6, 6.07) is 14.9. The Bertz CT molecular complexity index is 1120. The van der Waals surface area contributed by atoms with E-state index in [1.54, 1.807) is 24.3 Å². The molecular weight excluding hydrogens is 343 g/mol. The van der Waals surface area contributed by atoms with Gasteiger partial charge in [0.1, 0.15) is 17.7 Å². The second-order valence-corrected chi connectivity index (χ2v) is 5.96. The first-order chi connectivity index (χ1) is 12.1. The molecule has 5 nitrogen and oxygen atoms in total. The quantitative estimate of drug-likeness (QED) is 0.566. The molecule has 0 radical (unpaired) electrons. The van der Waals surface area contributed by atoms with E-state index in [0.29, 0.717) is 16.2 Å². The Morgan fingerprint density at radius 3 is 2.60 bits per heavy atom. The Balaban J connectivity index is 1.76. The molecule has 0 aliphatic rings. The smallest absolute Gasteiger partial charge is 0.265 e. The van der Waals surface area contributed by atoms with Crippen LogP contribution >= 0.6 is 11.6 Å². The predicted molar refractivity (Wildman–Crippen MR) is 93.2 cm³/mol. The lowest BCUT2D eigenvalue weighted by atomic mass is 10.1. The maximum absolute atomic E-state index is 13.1. The van der Waals surface area contributed by atoms with Crippen LogP contribution in [0.15, 0.2) is 65.7 Å². The number of aromatic nitrogens is 4. The molecule has 124 valence electrons. The van der Waals surface area contributed by atoms with Gasteiger partial charge >= 0.3 is 0 Å². The highest BCUT2D eigenvalue weighted by Gasteiger charge is 2.11. The maximum atomic E-state index is 13.1. The van der Waals surface area contributed by atoms with Crippen molar-refractivity contribution in [2.24, 2.45) is 0 Å². The van der Waals surface area contributed by atoms with Crippen LogP contribution in [-0.2, 0) is 6.54 Å². The Hall–Kier alpha value is -2.99. The van der Waals surface area contributed by atoms with Crippen molar-refractivity contribution in [2.75, 3.05) is 0 Å². The zero-order valence-electron chi connectivity index (χ0n) is 12.9. The van der Waals surface area contributed by atoms with Crippen LogP contribution < -0.4 is 5.56 Å². The van der Waals surface area contributed by atoms with E-state index in [-0.39, 0.29) is 17.9 Å². The molecule has 0 aliphatic carbocycles. The Morgan fingerprint density at radius 2 is 1.84 bits per heavy atom. The summed E-state index contributed by atoms with van der Waals surface area (Å²) >= 11 is 6.15.